The van der Waals surface area contributed by atoms with E-state index in [1.807, 2.05) is 0 Å². The Kier molecular flexibility index (Phi) is 3.15. The molecule has 1 aromatic rings. The van der Waals surface area contributed by atoms with Gasteiger partial charge in [0, 0.05) is 0 Å². The summed E-state index contributed by atoms with van der Waals surface area (Å²) in [6.07, 6.45) is 0. The second kappa shape index (κ2) is 4.15. The molecule has 0 bridgehead atoms. The Balaban J connectivity index is 3.18. The van der Waals surface area contributed by atoms with Crippen molar-refractivity contribution in [3.05, 3.63) is 29.3 Å². The topological polar surface area (TPSA) is 20.2 Å². The van der Waals surface area contributed by atoms with Gasteiger partial charge in [-0.1, -0.05) is 11.8 Å². The molecule has 0 aliphatic rings. The van der Waals surface area contributed by atoms with Crippen LogP contribution >= 0.6 is 12.6 Å². The highest BCUT2D eigenvalue weighted by molar-refractivity contribution is 7.80. The largest absolute Gasteiger partial charge is 0.505 e. The van der Waals surface area contributed by atoms with Crippen molar-refractivity contribution in [3.8, 4) is 17.6 Å². The van der Waals surface area contributed by atoms with Gasteiger partial charge in [-0.05, 0) is 12.1 Å². The van der Waals surface area contributed by atoms with E-state index in [2.05, 4.69) is 24.5 Å². The molecule has 1 rings (SSSR count). The van der Waals surface area contributed by atoms with Crippen LogP contribution in [0.2, 0.25) is 0 Å². The quantitative estimate of drug-likeness (QED) is 0.484. The molecule has 0 saturated heterocycles. The number of phenolic OH excluding ortho intramolecular Hbond substituents is 1. The Hall–Kier alpha value is -1.21. The summed E-state index contributed by atoms with van der Waals surface area (Å²) >= 11 is 3.79. The minimum Gasteiger partial charge on any atom is -0.505 e. The maximum absolute atomic E-state index is 12.9. The Bertz CT molecular complexity index is 379. The molecule has 0 aliphatic carbocycles. The number of rotatable bonds is 0. The molecule has 0 fully saturated rings. The fourth-order valence-corrected chi connectivity index (χ4v) is 0.850. The van der Waals surface area contributed by atoms with Crippen molar-refractivity contribution in [1.29, 1.82) is 0 Å². The predicted molar refractivity (Wildman–Crippen MR) is 48.8 cm³/mol. The minimum atomic E-state index is -1.27. The monoisotopic (exact) mass is 200 g/mol. The summed E-state index contributed by atoms with van der Waals surface area (Å²) in [7, 11) is 0. The molecule has 0 amide bonds. The van der Waals surface area contributed by atoms with Gasteiger partial charge in [0.2, 0.25) is 5.82 Å². The molecule has 1 aromatic carbocycles. The number of aromatic hydroxyl groups is 1. The Labute approximate surface area is 79.8 Å². The lowest BCUT2D eigenvalue weighted by Gasteiger charge is -1.97. The maximum Gasteiger partial charge on any atom is 0.201 e. The first-order valence-corrected chi connectivity index (χ1v) is 4.06. The molecule has 0 saturated carbocycles. The van der Waals surface area contributed by atoms with Gasteiger partial charge in [0.05, 0.1) is 11.3 Å². The van der Waals surface area contributed by atoms with Crippen molar-refractivity contribution in [2.75, 3.05) is 5.75 Å². The SMILES string of the molecule is Oc1ccc(C#CCS)c(F)c1F. The fraction of sp³-hybridized carbons (Fsp3) is 0.111. The zero-order valence-electron chi connectivity index (χ0n) is 6.51. The number of halogens is 2. The van der Waals surface area contributed by atoms with Crippen molar-refractivity contribution in [1.82, 2.24) is 0 Å². The summed E-state index contributed by atoms with van der Waals surface area (Å²) in [4.78, 5) is 0. The van der Waals surface area contributed by atoms with Crippen LogP contribution in [0.1, 0.15) is 5.56 Å². The zero-order valence-corrected chi connectivity index (χ0v) is 7.41. The van der Waals surface area contributed by atoms with Crippen molar-refractivity contribution in [2.45, 2.75) is 0 Å². The van der Waals surface area contributed by atoms with Crippen molar-refractivity contribution < 1.29 is 13.9 Å². The average Bonchev–Trinajstić information content (AvgIpc) is 2.13. The van der Waals surface area contributed by atoms with E-state index in [4.69, 9.17) is 5.11 Å². The Morgan fingerprint density at radius 3 is 2.62 bits per heavy atom. The van der Waals surface area contributed by atoms with E-state index in [9.17, 15) is 8.78 Å². The first kappa shape index (κ1) is 9.87. The number of thiol groups is 1. The van der Waals surface area contributed by atoms with Gasteiger partial charge in [0.15, 0.2) is 11.6 Å². The standard InChI is InChI=1S/C9H6F2OS/c10-8-6(2-1-5-13)3-4-7(12)9(8)11/h3-4,12-13H,5H2. The summed E-state index contributed by atoms with van der Waals surface area (Å²) in [6, 6.07) is 2.27. The van der Waals surface area contributed by atoms with Crippen molar-refractivity contribution in [2.24, 2.45) is 0 Å². The molecule has 0 unspecified atom stereocenters. The van der Waals surface area contributed by atoms with Crippen LogP contribution in [0.4, 0.5) is 8.78 Å². The molecule has 1 nitrogen and oxygen atoms in total. The smallest absolute Gasteiger partial charge is 0.201 e. The first-order valence-electron chi connectivity index (χ1n) is 3.43. The second-order valence-electron chi connectivity index (χ2n) is 2.22. The van der Waals surface area contributed by atoms with Crippen LogP contribution in [0.25, 0.3) is 0 Å². The van der Waals surface area contributed by atoms with Gasteiger partial charge >= 0.3 is 0 Å². The normalized spacial score (nSPS) is 9.15. The number of benzene rings is 1. The van der Waals surface area contributed by atoms with E-state index >= 15 is 0 Å². The van der Waals surface area contributed by atoms with Gasteiger partial charge in [-0.3, -0.25) is 0 Å². The van der Waals surface area contributed by atoms with Crippen LogP contribution in [0.3, 0.4) is 0 Å². The summed E-state index contributed by atoms with van der Waals surface area (Å²) < 4.78 is 25.6. The molecule has 0 radical (unpaired) electrons. The van der Waals surface area contributed by atoms with E-state index in [0.717, 1.165) is 6.07 Å². The van der Waals surface area contributed by atoms with Crippen LogP contribution in [0, 0.1) is 23.5 Å². The highest BCUT2D eigenvalue weighted by Gasteiger charge is 2.10. The summed E-state index contributed by atoms with van der Waals surface area (Å²) in [5.74, 6) is 2.01. The first-order chi connectivity index (χ1) is 6.16. The van der Waals surface area contributed by atoms with Crippen LogP contribution in [-0.4, -0.2) is 10.9 Å². The van der Waals surface area contributed by atoms with Crippen molar-refractivity contribution >= 4 is 12.6 Å². The average molecular weight is 200 g/mol. The maximum atomic E-state index is 12.9. The van der Waals surface area contributed by atoms with Crippen LogP contribution in [0.5, 0.6) is 5.75 Å². The molecular weight excluding hydrogens is 194 g/mol. The lowest BCUT2D eigenvalue weighted by atomic mass is 10.2. The lowest BCUT2D eigenvalue weighted by molar-refractivity contribution is 0.406. The molecular formula is C9H6F2OS. The molecule has 0 spiro atoms. The molecule has 68 valence electrons. The summed E-state index contributed by atoms with van der Waals surface area (Å²) in [5, 5.41) is 8.77. The van der Waals surface area contributed by atoms with E-state index in [1.54, 1.807) is 0 Å². The second-order valence-corrected chi connectivity index (χ2v) is 2.54. The molecule has 0 heterocycles. The number of hydrogen-bond acceptors (Lipinski definition) is 2. The number of phenols is 1. The van der Waals surface area contributed by atoms with Gasteiger partial charge in [-0.2, -0.15) is 17.0 Å². The van der Waals surface area contributed by atoms with E-state index in [-0.39, 0.29) is 11.3 Å². The van der Waals surface area contributed by atoms with Crippen LogP contribution < -0.4 is 0 Å². The molecule has 0 aliphatic heterocycles. The third kappa shape index (κ3) is 2.13. The fourth-order valence-electron chi connectivity index (χ4n) is 0.771. The summed E-state index contributed by atoms with van der Waals surface area (Å²) in [6.45, 7) is 0. The van der Waals surface area contributed by atoms with E-state index in [0.29, 0.717) is 0 Å². The molecule has 1 N–H and O–H groups in total. The predicted octanol–water partition coefficient (Wildman–Crippen LogP) is 1.95. The minimum absolute atomic E-state index is 0.0793. The highest BCUT2D eigenvalue weighted by atomic mass is 32.1. The summed E-state index contributed by atoms with van der Waals surface area (Å²) in [5.41, 5.74) is -0.0793. The van der Waals surface area contributed by atoms with Gasteiger partial charge in [-0.15, -0.1) is 0 Å². The lowest BCUT2D eigenvalue weighted by Crippen LogP contribution is -1.89. The van der Waals surface area contributed by atoms with Crippen molar-refractivity contribution in [3.63, 3.8) is 0 Å². The third-order valence-electron chi connectivity index (χ3n) is 1.36. The third-order valence-corrected chi connectivity index (χ3v) is 1.52. The highest BCUT2D eigenvalue weighted by Crippen LogP contribution is 2.20. The van der Waals surface area contributed by atoms with Crippen LogP contribution in [0.15, 0.2) is 12.1 Å². The zero-order chi connectivity index (χ0) is 9.84. The van der Waals surface area contributed by atoms with Crippen LogP contribution in [-0.2, 0) is 0 Å². The van der Waals surface area contributed by atoms with Gasteiger partial charge in [0.25, 0.3) is 0 Å². The Morgan fingerprint density at radius 2 is 2.00 bits per heavy atom. The molecule has 0 atom stereocenters. The molecule has 0 aromatic heterocycles. The van der Waals surface area contributed by atoms with Gasteiger partial charge < -0.3 is 5.11 Å². The number of hydrogen-bond donors (Lipinski definition) is 2. The molecule has 4 heteroatoms. The van der Waals surface area contributed by atoms with Gasteiger partial charge in [-0.25, -0.2) is 4.39 Å². The van der Waals surface area contributed by atoms with E-state index < -0.39 is 17.4 Å². The Morgan fingerprint density at radius 1 is 1.31 bits per heavy atom. The van der Waals surface area contributed by atoms with Gasteiger partial charge in [0.1, 0.15) is 0 Å². The molecule has 13 heavy (non-hydrogen) atoms. The van der Waals surface area contributed by atoms with E-state index in [1.165, 1.54) is 6.07 Å².